The molecule has 2 rings (SSSR count). The first-order valence-electron chi connectivity index (χ1n) is 5.27. The van der Waals surface area contributed by atoms with Crippen LogP contribution >= 0.6 is 35.4 Å². The van der Waals surface area contributed by atoms with Gasteiger partial charge in [0, 0.05) is 17.0 Å². The lowest BCUT2D eigenvalue weighted by molar-refractivity contribution is 0.780. The van der Waals surface area contributed by atoms with Crippen molar-refractivity contribution in [3.63, 3.8) is 0 Å². The molecule has 0 unspecified atom stereocenters. The molecule has 94 valence electrons. The van der Waals surface area contributed by atoms with Gasteiger partial charge in [-0.25, -0.2) is 0 Å². The number of aromatic nitrogens is 3. The van der Waals surface area contributed by atoms with E-state index in [2.05, 4.69) is 15.3 Å². The lowest BCUT2D eigenvalue weighted by atomic mass is 10.2. The summed E-state index contributed by atoms with van der Waals surface area (Å²) in [5.74, 6) is 0.765. The second-order valence-electron chi connectivity index (χ2n) is 3.52. The zero-order valence-electron chi connectivity index (χ0n) is 9.52. The molecule has 0 aliphatic heterocycles. The highest BCUT2D eigenvalue weighted by molar-refractivity contribution is 7.71. The van der Waals surface area contributed by atoms with Crippen molar-refractivity contribution in [2.24, 2.45) is 5.10 Å². The lowest BCUT2D eigenvalue weighted by Crippen LogP contribution is -1.97. The van der Waals surface area contributed by atoms with Crippen LogP contribution < -0.4 is 0 Å². The maximum atomic E-state index is 6.05. The largest absolute Gasteiger partial charge is 0.250 e. The Kier molecular flexibility index (Phi) is 4.16. The van der Waals surface area contributed by atoms with E-state index in [0.29, 0.717) is 14.8 Å². The van der Waals surface area contributed by atoms with Crippen molar-refractivity contribution in [3.8, 4) is 0 Å². The maximum Gasteiger partial charge on any atom is 0.216 e. The standard InChI is InChI=1S/C11H10Cl2N4S/c1-2-10-15-16-11(18)17(10)14-6-7-3-4-8(12)5-9(7)13/h3-6H,2H2,1H3,(H,16,18)/b14-6+. The molecule has 2 aromatic rings. The van der Waals surface area contributed by atoms with E-state index in [1.807, 2.05) is 6.92 Å². The topological polar surface area (TPSA) is 46.0 Å². The molecule has 0 aliphatic rings. The molecule has 0 atom stereocenters. The minimum absolute atomic E-state index is 0.452. The van der Waals surface area contributed by atoms with E-state index in [4.69, 9.17) is 35.4 Å². The fourth-order valence-electron chi connectivity index (χ4n) is 1.40. The number of H-pyrrole nitrogens is 1. The first kappa shape index (κ1) is 13.3. The molecule has 0 bridgehead atoms. The number of aromatic amines is 1. The van der Waals surface area contributed by atoms with Crippen molar-refractivity contribution in [1.82, 2.24) is 14.9 Å². The molecule has 7 heteroatoms. The summed E-state index contributed by atoms with van der Waals surface area (Å²) in [6.07, 6.45) is 2.36. The Hall–Kier alpha value is -1.17. The normalized spacial score (nSPS) is 11.3. The predicted molar refractivity (Wildman–Crippen MR) is 76.2 cm³/mol. The number of rotatable bonds is 3. The van der Waals surface area contributed by atoms with Crippen LogP contribution in [-0.2, 0) is 6.42 Å². The molecule has 1 aromatic carbocycles. The summed E-state index contributed by atoms with van der Waals surface area (Å²) in [4.78, 5) is 0. The average molecular weight is 301 g/mol. The number of benzene rings is 1. The molecule has 0 saturated carbocycles. The highest BCUT2D eigenvalue weighted by atomic mass is 35.5. The molecule has 0 amide bonds. The summed E-state index contributed by atoms with van der Waals surface area (Å²) in [5, 5.41) is 12.2. The summed E-state index contributed by atoms with van der Waals surface area (Å²) in [6, 6.07) is 5.22. The van der Waals surface area contributed by atoms with Crippen LogP contribution in [0.25, 0.3) is 0 Å². The third-order valence-corrected chi connectivity index (χ3v) is 3.14. The molecule has 1 aromatic heterocycles. The molecule has 0 radical (unpaired) electrons. The van der Waals surface area contributed by atoms with Crippen molar-refractivity contribution in [1.29, 1.82) is 0 Å². The zero-order chi connectivity index (χ0) is 13.1. The number of nitrogens with one attached hydrogen (secondary N) is 1. The molecule has 4 nitrogen and oxygen atoms in total. The van der Waals surface area contributed by atoms with Gasteiger partial charge in [-0.15, -0.1) is 0 Å². The van der Waals surface area contributed by atoms with E-state index >= 15 is 0 Å². The van der Waals surface area contributed by atoms with E-state index in [-0.39, 0.29) is 0 Å². The Morgan fingerprint density at radius 3 is 2.94 bits per heavy atom. The van der Waals surface area contributed by atoms with Crippen molar-refractivity contribution in [2.75, 3.05) is 0 Å². The molecule has 0 aliphatic carbocycles. The van der Waals surface area contributed by atoms with Gasteiger partial charge in [-0.1, -0.05) is 36.2 Å². The van der Waals surface area contributed by atoms with Gasteiger partial charge < -0.3 is 0 Å². The number of hydrogen-bond acceptors (Lipinski definition) is 3. The van der Waals surface area contributed by atoms with E-state index in [0.717, 1.165) is 17.8 Å². The number of halogens is 2. The van der Waals surface area contributed by atoms with Crippen LogP contribution in [-0.4, -0.2) is 21.1 Å². The summed E-state index contributed by atoms with van der Waals surface area (Å²) in [6.45, 7) is 1.98. The molecular formula is C11H10Cl2N4S. The first-order valence-corrected chi connectivity index (χ1v) is 6.44. The molecule has 18 heavy (non-hydrogen) atoms. The highest BCUT2D eigenvalue weighted by Crippen LogP contribution is 2.19. The van der Waals surface area contributed by atoms with Gasteiger partial charge in [0.25, 0.3) is 0 Å². The fourth-order valence-corrected chi connectivity index (χ4v) is 2.05. The van der Waals surface area contributed by atoms with Crippen LogP contribution in [0.1, 0.15) is 18.3 Å². The van der Waals surface area contributed by atoms with Gasteiger partial charge in [-0.3, -0.25) is 5.10 Å². The Bertz CT molecular complexity index is 645. The van der Waals surface area contributed by atoms with Crippen LogP contribution in [0.15, 0.2) is 23.3 Å². The number of nitrogens with zero attached hydrogens (tertiary/aromatic N) is 3. The second-order valence-corrected chi connectivity index (χ2v) is 4.75. The molecular weight excluding hydrogens is 291 g/mol. The Balaban J connectivity index is 2.35. The van der Waals surface area contributed by atoms with Crippen LogP contribution in [0.3, 0.4) is 0 Å². The van der Waals surface area contributed by atoms with Crippen molar-refractivity contribution < 1.29 is 0 Å². The van der Waals surface area contributed by atoms with E-state index < -0.39 is 0 Å². The molecule has 1 heterocycles. The van der Waals surface area contributed by atoms with Gasteiger partial charge in [0.1, 0.15) is 0 Å². The van der Waals surface area contributed by atoms with Gasteiger partial charge >= 0.3 is 0 Å². The van der Waals surface area contributed by atoms with Crippen LogP contribution in [0.4, 0.5) is 0 Å². The lowest BCUT2D eigenvalue weighted by Gasteiger charge is -1.99. The second kappa shape index (κ2) is 5.65. The minimum atomic E-state index is 0.452. The fraction of sp³-hybridized carbons (Fsp3) is 0.182. The molecule has 0 fully saturated rings. The van der Waals surface area contributed by atoms with Gasteiger partial charge in [-0.05, 0) is 24.4 Å². The van der Waals surface area contributed by atoms with Gasteiger partial charge in [0.15, 0.2) is 5.82 Å². The van der Waals surface area contributed by atoms with E-state index in [1.165, 1.54) is 0 Å². The van der Waals surface area contributed by atoms with Crippen molar-refractivity contribution >= 4 is 41.6 Å². The zero-order valence-corrected chi connectivity index (χ0v) is 11.9. The summed E-state index contributed by atoms with van der Waals surface area (Å²) in [5.41, 5.74) is 0.770. The highest BCUT2D eigenvalue weighted by Gasteiger charge is 2.02. The monoisotopic (exact) mass is 300 g/mol. The van der Waals surface area contributed by atoms with Crippen molar-refractivity contribution in [3.05, 3.63) is 44.4 Å². The van der Waals surface area contributed by atoms with Gasteiger partial charge in [0.2, 0.25) is 4.77 Å². The minimum Gasteiger partial charge on any atom is -0.250 e. The average Bonchev–Trinajstić information content (AvgIpc) is 2.69. The molecule has 0 saturated heterocycles. The van der Waals surface area contributed by atoms with Crippen LogP contribution in [0.2, 0.25) is 10.0 Å². The maximum absolute atomic E-state index is 6.05. The Morgan fingerprint density at radius 2 is 2.28 bits per heavy atom. The third kappa shape index (κ3) is 2.80. The predicted octanol–water partition coefficient (Wildman–Crippen LogP) is 3.69. The SMILES string of the molecule is CCc1n[nH]c(=S)n1/N=C/c1ccc(Cl)cc1Cl. The van der Waals surface area contributed by atoms with Crippen molar-refractivity contribution in [2.45, 2.75) is 13.3 Å². The smallest absolute Gasteiger partial charge is 0.216 e. The molecule has 1 N–H and O–H groups in total. The first-order chi connectivity index (χ1) is 8.61. The third-order valence-electron chi connectivity index (χ3n) is 2.31. The molecule has 0 spiro atoms. The van der Waals surface area contributed by atoms with E-state index in [9.17, 15) is 0 Å². The Labute approximate surface area is 119 Å². The van der Waals surface area contributed by atoms with Gasteiger partial charge in [0.05, 0.1) is 11.2 Å². The van der Waals surface area contributed by atoms with Gasteiger partial charge in [-0.2, -0.15) is 14.9 Å². The van der Waals surface area contributed by atoms with Crippen LogP contribution in [0, 0.1) is 4.77 Å². The summed E-state index contributed by atoms with van der Waals surface area (Å²) >= 11 is 17.0. The number of hydrogen-bond donors (Lipinski definition) is 1. The summed E-state index contributed by atoms with van der Waals surface area (Å²) < 4.78 is 2.02. The Morgan fingerprint density at radius 1 is 1.50 bits per heavy atom. The van der Waals surface area contributed by atoms with E-state index in [1.54, 1.807) is 29.1 Å². The number of aryl methyl sites for hydroxylation is 1. The summed E-state index contributed by atoms with van der Waals surface area (Å²) in [7, 11) is 0. The quantitative estimate of drug-likeness (QED) is 0.694. The van der Waals surface area contributed by atoms with Crippen LogP contribution in [0.5, 0.6) is 0 Å².